The Morgan fingerprint density at radius 1 is 1.20 bits per heavy atom. The van der Waals surface area contributed by atoms with Crippen LogP contribution in [0.15, 0.2) is 24.5 Å². The predicted octanol–water partition coefficient (Wildman–Crippen LogP) is 3.54. The van der Waals surface area contributed by atoms with Crippen LogP contribution in [0.5, 0.6) is 0 Å². The van der Waals surface area contributed by atoms with Crippen molar-refractivity contribution < 1.29 is 0 Å². The van der Waals surface area contributed by atoms with Gasteiger partial charge in [-0.15, -0.1) is 0 Å². The van der Waals surface area contributed by atoms with E-state index in [1.54, 1.807) is 0 Å². The van der Waals surface area contributed by atoms with Crippen molar-refractivity contribution in [2.45, 2.75) is 41.2 Å². The zero-order valence-electron chi connectivity index (χ0n) is 13.2. The first-order valence-corrected chi connectivity index (χ1v) is 7.30. The lowest BCUT2D eigenvalue weighted by Crippen LogP contribution is -2.19. The molecule has 0 bridgehead atoms. The van der Waals surface area contributed by atoms with Gasteiger partial charge in [0.05, 0.1) is 12.0 Å². The predicted molar refractivity (Wildman–Crippen MR) is 84.3 cm³/mol. The van der Waals surface area contributed by atoms with Crippen molar-refractivity contribution in [3.05, 3.63) is 47.0 Å². The second-order valence-corrected chi connectivity index (χ2v) is 5.93. The van der Waals surface area contributed by atoms with Gasteiger partial charge in [-0.05, 0) is 50.4 Å². The minimum atomic E-state index is 0.687. The summed E-state index contributed by atoms with van der Waals surface area (Å²) in [5.41, 5.74) is 6.14. The van der Waals surface area contributed by atoms with E-state index in [-0.39, 0.29) is 0 Å². The molecule has 0 fully saturated rings. The third-order valence-corrected chi connectivity index (χ3v) is 3.65. The van der Waals surface area contributed by atoms with E-state index in [4.69, 9.17) is 0 Å². The Morgan fingerprint density at radius 3 is 2.50 bits per heavy atom. The van der Waals surface area contributed by atoms with Crippen molar-refractivity contribution in [2.24, 2.45) is 5.92 Å². The Kier molecular flexibility index (Phi) is 4.61. The first kappa shape index (κ1) is 14.8. The second kappa shape index (κ2) is 6.23. The molecule has 2 aromatic rings. The number of nitrogens with one attached hydrogen (secondary N) is 1. The van der Waals surface area contributed by atoms with Crippen LogP contribution in [-0.4, -0.2) is 16.1 Å². The largest absolute Gasteiger partial charge is 0.312 e. The summed E-state index contributed by atoms with van der Waals surface area (Å²) in [6.07, 6.45) is 1.91. The van der Waals surface area contributed by atoms with Gasteiger partial charge in [0.2, 0.25) is 0 Å². The van der Waals surface area contributed by atoms with Crippen molar-refractivity contribution >= 4 is 0 Å². The summed E-state index contributed by atoms with van der Waals surface area (Å²) in [7, 11) is 0. The van der Waals surface area contributed by atoms with Gasteiger partial charge in [0, 0.05) is 17.9 Å². The van der Waals surface area contributed by atoms with E-state index in [2.05, 4.69) is 60.8 Å². The van der Waals surface area contributed by atoms with Gasteiger partial charge in [0.25, 0.3) is 0 Å². The van der Waals surface area contributed by atoms with Gasteiger partial charge in [-0.3, -0.25) is 0 Å². The minimum absolute atomic E-state index is 0.687. The lowest BCUT2D eigenvalue weighted by Gasteiger charge is -2.12. The highest BCUT2D eigenvalue weighted by Crippen LogP contribution is 2.19. The Labute approximate surface area is 122 Å². The molecular formula is C17H25N3. The maximum absolute atomic E-state index is 4.38. The summed E-state index contributed by atoms with van der Waals surface area (Å²) < 4.78 is 2.16. The molecule has 0 spiro atoms. The standard InChI is InChI=1S/C17H25N3/c1-12(2)9-18-10-16-6-7-17(13(3)8-16)20-11-19-14(4)15(20)5/h6-8,11-12,18H,9-10H2,1-5H3. The molecule has 20 heavy (non-hydrogen) atoms. The maximum Gasteiger partial charge on any atom is 0.0997 e. The summed E-state index contributed by atoms with van der Waals surface area (Å²) in [5, 5.41) is 3.48. The average molecular weight is 271 g/mol. The third kappa shape index (κ3) is 3.28. The SMILES string of the molecule is Cc1cc(CNCC(C)C)ccc1-n1cnc(C)c1C. The van der Waals surface area contributed by atoms with E-state index in [9.17, 15) is 0 Å². The number of aryl methyl sites for hydroxylation is 2. The highest BCUT2D eigenvalue weighted by molar-refractivity contribution is 5.44. The molecule has 0 atom stereocenters. The molecule has 0 aliphatic carbocycles. The molecule has 1 aromatic carbocycles. The molecule has 1 heterocycles. The van der Waals surface area contributed by atoms with Crippen LogP contribution in [0, 0.1) is 26.7 Å². The second-order valence-electron chi connectivity index (χ2n) is 5.93. The van der Waals surface area contributed by atoms with Crippen LogP contribution >= 0.6 is 0 Å². The topological polar surface area (TPSA) is 29.9 Å². The van der Waals surface area contributed by atoms with Crippen LogP contribution in [0.25, 0.3) is 5.69 Å². The van der Waals surface area contributed by atoms with Crippen LogP contribution in [0.1, 0.15) is 36.4 Å². The Morgan fingerprint density at radius 2 is 1.95 bits per heavy atom. The summed E-state index contributed by atoms with van der Waals surface area (Å²) >= 11 is 0. The van der Waals surface area contributed by atoms with E-state index < -0.39 is 0 Å². The molecule has 2 rings (SSSR count). The summed E-state index contributed by atoms with van der Waals surface area (Å²) in [5.74, 6) is 0.687. The Balaban J connectivity index is 2.16. The van der Waals surface area contributed by atoms with Gasteiger partial charge in [0.15, 0.2) is 0 Å². The molecule has 1 N–H and O–H groups in total. The van der Waals surface area contributed by atoms with E-state index in [0.29, 0.717) is 5.92 Å². The third-order valence-electron chi connectivity index (χ3n) is 3.65. The molecule has 0 saturated heterocycles. The molecule has 0 aliphatic rings. The van der Waals surface area contributed by atoms with Gasteiger partial charge < -0.3 is 9.88 Å². The summed E-state index contributed by atoms with van der Waals surface area (Å²) in [4.78, 5) is 4.38. The number of hydrogen-bond acceptors (Lipinski definition) is 2. The number of rotatable bonds is 5. The summed E-state index contributed by atoms with van der Waals surface area (Å²) in [6, 6.07) is 6.65. The quantitative estimate of drug-likeness (QED) is 0.901. The number of hydrogen-bond donors (Lipinski definition) is 1. The van der Waals surface area contributed by atoms with E-state index in [0.717, 1.165) is 18.8 Å². The number of benzene rings is 1. The smallest absolute Gasteiger partial charge is 0.0997 e. The first-order chi connectivity index (χ1) is 9.49. The van der Waals surface area contributed by atoms with Gasteiger partial charge in [-0.1, -0.05) is 26.0 Å². The highest BCUT2D eigenvalue weighted by Gasteiger charge is 2.07. The van der Waals surface area contributed by atoms with Crippen LogP contribution in [0.3, 0.4) is 0 Å². The van der Waals surface area contributed by atoms with Gasteiger partial charge in [-0.25, -0.2) is 4.98 Å². The van der Waals surface area contributed by atoms with Crippen molar-refractivity contribution in [3.63, 3.8) is 0 Å². The van der Waals surface area contributed by atoms with E-state index >= 15 is 0 Å². The van der Waals surface area contributed by atoms with Crippen LogP contribution < -0.4 is 5.32 Å². The van der Waals surface area contributed by atoms with Crippen molar-refractivity contribution in [1.82, 2.24) is 14.9 Å². The molecule has 0 saturated carbocycles. The normalized spacial score (nSPS) is 11.3. The molecule has 0 aliphatic heterocycles. The van der Waals surface area contributed by atoms with Crippen LogP contribution in [0.2, 0.25) is 0 Å². The molecule has 3 heteroatoms. The number of imidazole rings is 1. The van der Waals surface area contributed by atoms with E-state index in [1.807, 2.05) is 13.3 Å². The zero-order chi connectivity index (χ0) is 14.7. The Hall–Kier alpha value is -1.61. The lowest BCUT2D eigenvalue weighted by molar-refractivity contribution is 0.552. The molecule has 108 valence electrons. The monoisotopic (exact) mass is 271 g/mol. The van der Waals surface area contributed by atoms with Gasteiger partial charge in [-0.2, -0.15) is 0 Å². The van der Waals surface area contributed by atoms with Crippen molar-refractivity contribution in [3.8, 4) is 5.69 Å². The maximum atomic E-state index is 4.38. The first-order valence-electron chi connectivity index (χ1n) is 7.30. The van der Waals surface area contributed by atoms with Crippen LogP contribution in [-0.2, 0) is 6.54 Å². The number of aromatic nitrogens is 2. The fourth-order valence-electron chi connectivity index (χ4n) is 2.34. The summed E-state index contributed by atoms with van der Waals surface area (Å²) in [6.45, 7) is 12.8. The van der Waals surface area contributed by atoms with Gasteiger partial charge in [0.1, 0.15) is 0 Å². The average Bonchev–Trinajstić information content (AvgIpc) is 2.70. The van der Waals surface area contributed by atoms with E-state index in [1.165, 1.54) is 22.5 Å². The Bertz CT molecular complexity index is 582. The van der Waals surface area contributed by atoms with Crippen LogP contribution in [0.4, 0.5) is 0 Å². The van der Waals surface area contributed by atoms with Crippen molar-refractivity contribution in [1.29, 1.82) is 0 Å². The number of nitrogens with zero attached hydrogens (tertiary/aromatic N) is 2. The van der Waals surface area contributed by atoms with Gasteiger partial charge >= 0.3 is 0 Å². The molecule has 0 amide bonds. The fourth-order valence-corrected chi connectivity index (χ4v) is 2.34. The molecule has 3 nitrogen and oxygen atoms in total. The fraction of sp³-hybridized carbons (Fsp3) is 0.471. The molecule has 0 radical (unpaired) electrons. The molecule has 0 unspecified atom stereocenters. The zero-order valence-corrected chi connectivity index (χ0v) is 13.2. The highest BCUT2D eigenvalue weighted by atomic mass is 15.1. The lowest BCUT2D eigenvalue weighted by atomic mass is 10.1. The minimum Gasteiger partial charge on any atom is -0.312 e. The molecule has 1 aromatic heterocycles. The molecular weight excluding hydrogens is 246 g/mol. The van der Waals surface area contributed by atoms with Crippen molar-refractivity contribution in [2.75, 3.05) is 6.54 Å².